The van der Waals surface area contributed by atoms with E-state index in [9.17, 15) is 13.2 Å². The molecule has 2 aliphatic heterocycles. The highest BCUT2D eigenvalue weighted by atomic mass is 32.2. The van der Waals surface area contributed by atoms with E-state index in [-0.39, 0.29) is 34.7 Å². The summed E-state index contributed by atoms with van der Waals surface area (Å²) in [6.07, 6.45) is 7.92. The van der Waals surface area contributed by atoms with Gasteiger partial charge in [-0.1, -0.05) is 19.3 Å². The average molecular weight is 300 g/mol. The highest BCUT2D eigenvalue weighted by molar-refractivity contribution is 7.91. The van der Waals surface area contributed by atoms with Crippen molar-refractivity contribution in [1.29, 1.82) is 0 Å². The minimum atomic E-state index is -2.96. The molecule has 0 aromatic heterocycles. The van der Waals surface area contributed by atoms with Gasteiger partial charge < -0.3 is 4.74 Å². The van der Waals surface area contributed by atoms with E-state index in [1.807, 2.05) is 0 Å². The Morgan fingerprint density at radius 1 is 1.05 bits per heavy atom. The summed E-state index contributed by atoms with van der Waals surface area (Å²) in [4.78, 5) is 12.6. The van der Waals surface area contributed by atoms with Crippen molar-refractivity contribution < 1.29 is 17.9 Å². The molecule has 3 rings (SSSR count). The van der Waals surface area contributed by atoms with Gasteiger partial charge >= 0.3 is 0 Å². The molecule has 1 spiro atoms. The Hall–Kier alpha value is -0.420. The molecule has 2 atom stereocenters. The summed E-state index contributed by atoms with van der Waals surface area (Å²) < 4.78 is 29.1. The Kier molecular flexibility index (Phi) is 3.93. The number of hydrogen-bond acceptors (Lipinski definition) is 4. The molecule has 0 aromatic rings. The molecule has 1 aliphatic carbocycles. The molecule has 2 unspecified atom stereocenters. The van der Waals surface area contributed by atoms with E-state index in [0.717, 1.165) is 25.7 Å². The lowest BCUT2D eigenvalue weighted by molar-refractivity contribution is -0.145. The molecule has 3 aliphatic rings. The first-order valence-electron chi connectivity index (χ1n) is 7.88. The first kappa shape index (κ1) is 14.5. The minimum absolute atomic E-state index is 0.0279. The molecular weight excluding hydrogens is 276 g/mol. The van der Waals surface area contributed by atoms with Gasteiger partial charge in [0, 0.05) is 18.4 Å². The number of carbonyl (C=O) groups is 1. The normalized spacial score (nSPS) is 36.0. The minimum Gasteiger partial charge on any atom is -0.375 e. The molecule has 0 N–H and O–H groups in total. The molecular formula is C15H24O4S. The summed E-state index contributed by atoms with van der Waals surface area (Å²) in [6, 6.07) is 0. The summed E-state index contributed by atoms with van der Waals surface area (Å²) in [6.45, 7) is 0.663. The summed E-state index contributed by atoms with van der Waals surface area (Å²) in [5.41, 5.74) is -0.0751. The van der Waals surface area contributed by atoms with Crippen LogP contribution in [0.25, 0.3) is 0 Å². The average Bonchev–Trinajstić information content (AvgIpc) is 2.79. The van der Waals surface area contributed by atoms with E-state index < -0.39 is 9.84 Å². The number of ketones is 1. The van der Waals surface area contributed by atoms with Crippen molar-refractivity contribution >= 4 is 15.6 Å². The van der Waals surface area contributed by atoms with Crippen LogP contribution in [0.3, 0.4) is 0 Å². The summed E-state index contributed by atoms with van der Waals surface area (Å²) in [7, 11) is -2.96. The van der Waals surface area contributed by atoms with Crippen LogP contribution in [0.4, 0.5) is 0 Å². The van der Waals surface area contributed by atoms with Crippen LogP contribution in [0.15, 0.2) is 0 Å². The molecule has 3 fully saturated rings. The fourth-order valence-corrected chi connectivity index (χ4v) is 5.92. The number of Topliss-reactive ketones (excluding diaryl/α,β-unsaturated/α-hetero) is 1. The molecule has 114 valence electrons. The lowest BCUT2D eigenvalue weighted by atomic mass is 9.73. The largest absolute Gasteiger partial charge is 0.375 e. The first-order valence-corrected chi connectivity index (χ1v) is 9.70. The fraction of sp³-hybridized carbons (Fsp3) is 0.933. The van der Waals surface area contributed by atoms with Crippen molar-refractivity contribution in [2.45, 2.75) is 57.0 Å². The Balaban J connectivity index is 1.66. The van der Waals surface area contributed by atoms with E-state index in [1.165, 1.54) is 19.3 Å². The maximum atomic E-state index is 12.6. The van der Waals surface area contributed by atoms with Gasteiger partial charge in [0.15, 0.2) is 9.84 Å². The molecule has 20 heavy (non-hydrogen) atoms. The smallest absolute Gasteiger partial charge is 0.151 e. The van der Waals surface area contributed by atoms with E-state index >= 15 is 0 Å². The van der Waals surface area contributed by atoms with Crippen LogP contribution in [0.1, 0.15) is 51.4 Å². The second-order valence-electron chi connectivity index (χ2n) is 6.78. The zero-order chi connectivity index (χ0) is 14.2. The van der Waals surface area contributed by atoms with Crippen LogP contribution in [-0.2, 0) is 19.4 Å². The third-order valence-electron chi connectivity index (χ3n) is 5.29. The van der Waals surface area contributed by atoms with Gasteiger partial charge in [-0.3, -0.25) is 4.79 Å². The zero-order valence-electron chi connectivity index (χ0n) is 12.0. The second kappa shape index (κ2) is 5.41. The molecule has 4 nitrogen and oxygen atoms in total. The van der Waals surface area contributed by atoms with Gasteiger partial charge in [-0.25, -0.2) is 8.42 Å². The summed E-state index contributed by atoms with van der Waals surface area (Å²) >= 11 is 0. The maximum Gasteiger partial charge on any atom is 0.151 e. The van der Waals surface area contributed by atoms with Gasteiger partial charge in [0.1, 0.15) is 5.78 Å². The standard InChI is InChI=1S/C15H24O4S/c16-14(13-5-9-20(17,18)11-13)12-4-8-19-15(10-12)6-2-1-3-7-15/h12-13H,1-11H2. The molecule has 0 radical (unpaired) electrons. The number of hydrogen-bond donors (Lipinski definition) is 0. The van der Waals surface area contributed by atoms with E-state index in [2.05, 4.69) is 0 Å². The highest BCUT2D eigenvalue weighted by Crippen LogP contribution is 2.42. The van der Waals surface area contributed by atoms with Crippen molar-refractivity contribution in [2.75, 3.05) is 18.1 Å². The van der Waals surface area contributed by atoms with Crippen LogP contribution in [0, 0.1) is 11.8 Å². The lowest BCUT2D eigenvalue weighted by Gasteiger charge is -2.43. The quantitative estimate of drug-likeness (QED) is 0.784. The number of sulfone groups is 1. The predicted molar refractivity (Wildman–Crippen MR) is 76.3 cm³/mol. The fourth-order valence-electron chi connectivity index (χ4n) is 4.17. The Morgan fingerprint density at radius 2 is 1.80 bits per heavy atom. The van der Waals surface area contributed by atoms with Crippen LogP contribution < -0.4 is 0 Å². The van der Waals surface area contributed by atoms with Crippen LogP contribution in [0.2, 0.25) is 0 Å². The summed E-state index contributed by atoms with van der Waals surface area (Å²) in [5, 5.41) is 0. The van der Waals surface area contributed by atoms with Crippen LogP contribution in [-0.4, -0.2) is 37.9 Å². The second-order valence-corrected chi connectivity index (χ2v) is 9.01. The van der Waals surface area contributed by atoms with Gasteiger partial charge in [-0.15, -0.1) is 0 Å². The maximum absolute atomic E-state index is 12.6. The molecule has 2 heterocycles. The van der Waals surface area contributed by atoms with Crippen molar-refractivity contribution in [3.8, 4) is 0 Å². The monoisotopic (exact) mass is 300 g/mol. The molecule has 1 saturated carbocycles. The highest BCUT2D eigenvalue weighted by Gasteiger charge is 2.43. The number of ether oxygens (including phenoxy) is 1. The van der Waals surface area contributed by atoms with Crippen molar-refractivity contribution in [3.63, 3.8) is 0 Å². The lowest BCUT2D eigenvalue weighted by Crippen LogP contribution is -2.44. The summed E-state index contributed by atoms with van der Waals surface area (Å²) in [5.74, 6) is 0.247. The topological polar surface area (TPSA) is 60.4 Å². The van der Waals surface area contributed by atoms with Gasteiger partial charge in [-0.05, 0) is 32.1 Å². The van der Waals surface area contributed by atoms with Crippen LogP contribution in [0.5, 0.6) is 0 Å². The van der Waals surface area contributed by atoms with Crippen molar-refractivity contribution in [1.82, 2.24) is 0 Å². The van der Waals surface area contributed by atoms with Crippen molar-refractivity contribution in [3.05, 3.63) is 0 Å². The van der Waals surface area contributed by atoms with Gasteiger partial charge in [0.25, 0.3) is 0 Å². The molecule has 0 aromatic carbocycles. The molecule has 5 heteroatoms. The Morgan fingerprint density at radius 3 is 2.45 bits per heavy atom. The molecule has 2 saturated heterocycles. The molecule has 0 bridgehead atoms. The Labute approximate surface area is 121 Å². The first-order chi connectivity index (χ1) is 9.50. The Bertz CT molecular complexity index is 471. The van der Waals surface area contributed by atoms with Gasteiger partial charge in [-0.2, -0.15) is 0 Å². The zero-order valence-corrected chi connectivity index (χ0v) is 12.8. The third-order valence-corrected chi connectivity index (χ3v) is 7.06. The predicted octanol–water partition coefficient (Wildman–Crippen LogP) is 2.12. The van der Waals surface area contributed by atoms with Crippen LogP contribution >= 0.6 is 0 Å². The SMILES string of the molecule is O=C(C1CCOC2(CCCCC2)C1)C1CCS(=O)(=O)C1. The van der Waals surface area contributed by atoms with E-state index in [4.69, 9.17) is 4.74 Å². The van der Waals surface area contributed by atoms with E-state index in [1.54, 1.807) is 0 Å². The van der Waals surface area contributed by atoms with E-state index in [0.29, 0.717) is 13.0 Å². The number of carbonyl (C=O) groups excluding carboxylic acids is 1. The number of rotatable bonds is 2. The van der Waals surface area contributed by atoms with Gasteiger partial charge in [0.2, 0.25) is 0 Å². The van der Waals surface area contributed by atoms with Crippen molar-refractivity contribution in [2.24, 2.45) is 11.8 Å². The molecule has 0 amide bonds. The van der Waals surface area contributed by atoms with Gasteiger partial charge in [0.05, 0.1) is 17.1 Å². The third kappa shape index (κ3) is 2.93.